The summed E-state index contributed by atoms with van der Waals surface area (Å²) in [6.45, 7) is 4.89. The van der Waals surface area contributed by atoms with Gasteiger partial charge in [0.05, 0.1) is 6.42 Å². The average Bonchev–Trinajstić information content (AvgIpc) is 2.29. The minimum absolute atomic E-state index is 0.0500. The Labute approximate surface area is 106 Å². The molecule has 4 nitrogen and oxygen atoms in total. The Morgan fingerprint density at radius 1 is 1.50 bits per heavy atom. The molecular weight excluding hydrogens is 237 g/mol. The first-order chi connectivity index (χ1) is 8.43. The fourth-order valence-electron chi connectivity index (χ4n) is 1.84. The maximum atomic E-state index is 13.2. The van der Waals surface area contributed by atoms with E-state index in [0.29, 0.717) is 18.7 Å². The van der Waals surface area contributed by atoms with E-state index in [1.165, 1.54) is 12.1 Å². The highest BCUT2D eigenvalue weighted by Crippen LogP contribution is 2.18. The minimum atomic E-state index is -0.849. The molecule has 0 aliphatic rings. The Kier molecular flexibility index (Phi) is 5.09. The molecule has 5 heteroatoms. The van der Waals surface area contributed by atoms with Gasteiger partial charge in [0.2, 0.25) is 0 Å². The SMILES string of the molecule is CCN(Cc1ccc(O)c(F)c1)C(C)CC(=O)O. The van der Waals surface area contributed by atoms with Crippen molar-refractivity contribution < 1.29 is 19.4 Å². The van der Waals surface area contributed by atoms with Gasteiger partial charge >= 0.3 is 5.97 Å². The zero-order valence-electron chi connectivity index (χ0n) is 10.6. The molecule has 0 aliphatic heterocycles. The van der Waals surface area contributed by atoms with Crippen LogP contribution in [0.2, 0.25) is 0 Å². The van der Waals surface area contributed by atoms with Crippen molar-refractivity contribution in [2.24, 2.45) is 0 Å². The number of benzene rings is 1. The molecule has 1 rings (SSSR count). The molecule has 0 aliphatic carbocycles. The molecule has 0 spiro atoms. The van der Waals surface area contributed by atoms with Crippen LogP contribution >= 0.6 is 0 Å². The van der Waals surface area contributed by atoms with Gasteiger partial charge in [-0.25, -0.2) is 4.39 Å². The van der Waals surface area contributed by atoms with Crippen LogP contribution in [-0.4, -0.2) is 33.7 Å². The van der Waals surface area contributed by atoms with Gasteiger partial charge in [-0.15, -0.1) is 0 Å². The molecule has 0 fully saturated rings. The quantitative estimate of drug-likeness (QED) is 0.818. The highest BCUT2D eigenvalue weighted by Gasteiger charge is 2.16. The lowest BCUT2D eigenvalue weighted by atomic mass is 10.1. The van der Waals surface area contributed by atoms with E-state index in [1.807, 2.05) is 18.7 Å². The number of phenols is 1. The number of halogens is 1. The van der Waals surface area contributed by atoms with Gasteiger partial charge in [0.1, 0.15) is 0 Å². The summed E-state index contributed by atoms with van der Waals surface area (Å²) >= 11 is 0. The molecule has 1 aromatic rings. The van der Waals surface area contributed by atoms with Crippen molar-refractivity contribution in [2.75, 3.05) is 6.54 Å². The summed E-state index contributed by atoms with van der Waals surface area (Å²) < 4.78 is 13.2. The van der Waals surface area contributed by atoms with Crippen LogP contribution in [0.5, 0.6) is 5.75 Å². The van der Waals surface area contributed by atoms with Crippen molar-refractivity contribution in [3.8, 4) is 5.75 Å². The maximum Gasteiger partial charge on any atom is 0.304 e. The average molecular weight is 255 g/mol. The number of aromatic hydroxyl groups is 1. The summed E-state index contributed by atoms with van der Waals surface area (Å²) in [6, 6.07) is 4.09. The Bertz CT molecular complexity index is 423. The number of nitrogens with zero attached hydrogens (tertiary/aromatic N) is 1. The predicted molar refractivity (Wildman–Crippen MR) is 65.9 cm³/mol. The van der Waals surface area contributed by atoms with Crippen LogP contribution in [0.15, 0.2) is 18.2 Å². The van der Waals surface area contributed by atoms with Crippen LogP contribution in [0.4, 0.5) is 4.39 Å². The summed E-state index contributed by atoms with van der Waals surface area (Å²) in [5.74, 6) is -1.88. The van der Waals surface area contributed by atoms with Crippen molar-refractivity contribution in [1.29, 1.82) is 0 Å². The van der Waals surface area contributed by atoms with Crippen LogP contribution in [0.1, 0.15) is 25.8 Å². The molecule has 0 amide bonds. The predicted octanol–water partition coefficient (Wildman–Crippen LogP) is 2.22. The molecule has 100 valence electrons. The molecule has 0 radical (unpaired) electrons. The van der Waals surface area contributed by atoms with Crippen molar-refractivity contribution in [3.63, 3.8) is 0 Å². The molecular formula is C13H18FNO3. The summed E-state index contributed by atoms with van der Waals surface area (Å²) in [7, 11) is 0. The molecule has 1 unspecified atom stereocenters. The Hall–Kier alpha value is -1.62. The highest BCUT2D eigenvalue weighted by atomic mass is 19.1. The fraction of sp³-hybridized carbons (Fsp3) is 0.462. The van der Waals surface area contributed by atoms with Crippen LogP contribution in [0.25, 0.3) is 0 Å². The lowest BCUT2D eigenvalue weighted by molar-refractivity contribution is -0.138. The lowest BCUT2D eigenvalue weighted by Gasteiger charge is -2.26. The van der Waals surface area contributed by atoms with Crippen LogP contribution in [0, 0.1) is 5.82 Å². The van der Waals surface area contributed by atoms with Gasteiger partial charge in [-0.2, -0.15) is 0 Å². The van der Waals surface area contributed by atoms with E-state index in [-0.39, 0.29) is 18.2 Å². The first-order valence-corrected chi connectivity index (χ1v) is 5.87. The monoisotopic (exact) mass is 255 g/mol. The molecule has 18 heavy (non-hydrogen) atoms. The van der Waals surface area contributed by atoms with Crippen LogP contribution < -0.4 is 0 Å². The number of carboxylic acid groups (broad SMARTS) is 1. The van der Waals surface area contributed by atoms with E-state index < -0.39 is 11.8 Å². The first-order valence-electron chi connectivity index (χ1n) is 5.87. The first kappa shape index (κ1) is 14.4. The zero-order valence-corrected chi connectivity index (χ0v) is 10.6. The van der Waals surface area contributed by atoms with E-state index >= 15 is 0 Å². The van der Waals surface area contributed by atoms with Gasteiger partial charge in [0, 0.05) is 12.6 Å². The van der Waals surface area contributed by atoms with Gasteiger partial charge in [0.15, 0.2) is 11.6 Å². The van der Waals surface area contributed by atoms with E-state index in [0.717, 1.165) is 0 Å². The standard InChI is InChI=1S/C13H18FNO3/c1-3-15(9(2)6-13(17)18)8-10-4-5-12(16)11(14)7-10/h4-5,7,9,16H,3,6,8H2,1-2H3,(H,17,18). The van der Waals surface area contributed by atoms with E-state index in [2.05, 4.69) is 0 Å². The van der Waals surface area contributed by atoms with Crippen molar-refractivity contribution in [2.45, 2.75) is 32.9 Å². The number of carboxylic acids is 1. The smallest absolute Gasteiger partial charge is 0.304 e. The lowest BCUT2D eigenvalue weighted by Crippen LogP contribution is -2.34. The normalized spacial score (nSPS) is 12.7. The largest absolute Gasteiger partial charge is 0.505 e. The van der Waals surface area contributed by atoms with Gasteiger partial charge in [-0.1, -0.05) is 13.0 Å². The van der Waals surface area contributed by atoms with E-state index in [1.54, 1.807) is 6.07 Å². The van der Waals surface area contributed by atoms with Crippen LogP contribution in [0.3, 0.4) is 0 Å². The molecule has 0 bridgehead atoms. The molecule has 0 saturated heterocycles. The molecule has 1 aromatic carbocycles. The van der Waals surface area contributed by atoms with E-state index in [9.17, 15) is 9.18 Å². The second-order valence-corrected chi connectivity index (χ2v) is 4.30. The van der Waals surface area contributed by atoms with Crippen LogP contribution in [-0.2, 0) is 11.3 Å². The zero-order chi connectivity index (χ0) is 13.7. The number of phenolic OH excluding ortho intramolecular Hbond substituents is 1. The van der Waals surface area contributed by atoms with E-state index in [4.69, 9.17) is 10.2 Å². The molecule has 2 N–H and O–H groups in total. The third-order valence-corrected chi connectivity index (χ3v) is 2.90. The second-order valence-electron chi connectivity index (χ2n) is 4.30. The third-order valence-electron chi connectivity index (χ3n) is 2.90. The van der Waals surface area contributed by atoms with Gasteiger partial charge in [0.25, 0.3) is 0 Å². The Morgan fingerprint density at radius 3 is 2.67 bits per heavy atom. The number of rotatable bonds is 6. The van der Waals surface area contributed by atoms with Gasteiger partial charge < -0.3 is 10.2 Å². The summed E-state index contributed by atoms with van der Waals surface area (Å²) in [4.78, 5) is 12.6. The summed E-state index contributed by atoms with van der Waals surface area (Å²) in [6.07, 6.45) is 0.0500. The number of hydrogen-bond donors (Lipinski definition) is 2. The highest BCUT2D eigenvalue weighted by molar-refractivity contribution is 5.67. The van der Waals surface area contributed by atoms with Gasteiger partial charge in [-0.3, -0.25) is 9.69 Å². The van der Waals surface area contributed by atoms with Gasteiger partial charge in [-0.05, 0) is 31.2 Å². The second kappa shape index (κ2) is 6.35. The fourth-order valence-corrected chi connectivity index (χ4v) is 1.84. The molecule has 0 aromatic heterocycles. The topological polar surface area (TPSA) is 60.8 Å². The minimum Gasteiger partial charge on any atom is -0.505 e. The number of aliphatic carboxylic acids is 1. The molecule has 1 atom stereocenters. The summed E-state index contributed by atoms with van der Waals surface area (Å²) in [5, 5.41) is 17.9. The Morgan fingerprint density at radius 2 is 2.17 bits per heavy atom. The molecule has 0 heterocycles. The summed E-state index contributed by atoms with van der Waals surface area (Å²) in [5.41, 5.74) is 0.712. The maximum absolute atomic E-state index is 13.2. The van der Waals surface area contributed by atoms with Crippen molar-refractivity contribution in [3.05, 3.63) is 29.6 Å². The van der Waals surface area contributed by atoms with Crippen molar-refractivity contribution in [1.82, 2.24) is 4.90 Å². The van der Waals surface area contributed by atoms with Crippen molar-refractivity contribution >= 4 is 5.97 Å². The third kappa shape index (κ3) is 4.00. The molecule has 0 saturated carbocycles. The number of hydrogen-bond acceptors (Lipinski definition) is 3. The Balaban J connectivity index is 2.72. The number of carbonyl (C=O) groups is 1.